The monoisotopic (exact) mass is 295 g/mol. The van der Waals surface area contributed by atoms with E-state index in [0.29, 0.717) is 17.3 Å². The van der Waals surface area contributed by atoms with Crippen LogP contribution in [0, 0.1) is 11.3 Å². The molecule has 2 heteroatoms. The Labute approximate surface area is 130 Å². The fourth-order valence-corrected chi connectivity index (χ4v) is 2.62. The largest absolute Gasteiger partial charge is 0.316 e. The van der Waals surface area contributed by atoms with E-state index in [9.17, 15) is 0 Å². The molecular weight excluding hydrogens is 266 g/mol. The SMILES string of the molecule is CC(C)CNCC(CCC(C)(C)C)c1ccccc1Cl. The molecule has 20 heavy (non-hydrogen) atoms. The van der Waals surface area contributed by atoms with Crippen LogP contribution in [0.25, 0.3) is 0 Å². The molecule has 1 N–H and O–H groups in total. The highest BCUT2D eigenvalue weighted by atomic mass is 35.5. The van der Waals surface area contributed by atoms with Crippen LogP contribution in [-0.2, 0) is 0 Å². The van der Waals surface area contributed by atoms with Gasteiger partial charge in [0, 0.05) is 11.6 Å². The quantitative estimate of drug-likeness (QED) is 0.701. The first-order valence-corrected chi connectivity index (χ1v) is 8.12. The van der Waals surface area contributed by atoms with Crippen molar-refractivity contribution in [2.75, 3.05) is 13.1 Å². The molecule has 0 radical (unpaired) electrons. The van der Waals surface area contributed by atoms with Gasteiger partial charge in [0.1, 0.15) is 0 Å². The molecule has 114 valence electrons. The summed E-state index contributed by atoms with van der Waals surface area (Å²) >= 11 is 6.38. The minimum atomic E-state index is 0.373. The lowest BCUT2D eigenvalue weighted by Crippen LogP contribution is -2.26. The third-order valence-corrected chi connectivity index (χ3v) is 3.88. The summed E-state index contributed by atoms with van der Waals surface area (Å²) in [6.07, 6.45) is 2.39. The normalized spacial score (nSPS) is 13.8. The zero-order valence-corrected chi connectivity index (χ0v) is 14.4. The van der Waals surface area contributed by atoms with E-state index in [2.05, 4.69) is 52.1 Å². The van der Waals surface area contributed by atoms with Crippen molar-refractivity contribution in [3.63, 3.8) is 0 Å². The average molecular weight is 296 g/mol. The summed E-state index contributed by atoms with van der Waals surface area (Å²) in [5, 5.41) is 4.49. The Kier molecular flexibility index (Phi) is 7.05. The summed E-state index contributed by atoms with van der Waals surface area (Å²) in [5.74, 6) is 1.19. The molecule has 1 atom stereocenters. The molecule has 0 heterocycles. The molecule has 1 unspecified atom stereocenters. The molecule has 1 aromatic rings. The molecule has 1 rings (SSSR count). The van der Waals surface area contributed by atoms with Crippen LogP contribution in [0.5, 0.6) is 0 Å². The third-order valence-electron chi connectivity index (χ3n) is 3.53. The van der Waals surface area contributed by atoms with Crippen molar-refractivity contribution < 1.29 is 0 Å². The summed E-state index contributed by atoms with van der Waals surface area (Å²) in [5.41, 5.74) is 1.66. The summed E-state index contributed by atoms with van der Waals surface area (Å²) in [7, 11) is 0. The number of halogens is 1. The molecule has 0 fully saturated rings. The molecule has 0 aromatic heterocycles. The fraction of sp³-hybridized carbons (Fsp3) is 0.667. The van der Waals surface area contributed by atoms with Gasteiger partial charge in [-0.25, -0.2) is 0 Å². The van der Waals surface area contributed by atoms with Gasteiger partial charge in [-0.3, -0.25) is 0 Å². The Morgan fingerprint density at radius 1 is 1.10 bits per heavy atom. The molecule has 0 aliphatic rings. The van der Waals surface area contributed by atoms with Crippen LogP contribution in [-0.4, -0.2) is 13.1 Å². The highest BCUT2D eigenvalue weighted by Gasteiger charge is 2.18. The second kappa shape index (κ2) is 8.05. The second-order valence-corrected chi connectivity index (χ2v) is 7.78. The van der Waals surface area contributed by atoms with Crippen LogP contribution in [0.2, 0.25) is 5.02 Å². The summed E-state index contributed by atoms with van der Waals surface area (Å²) in [4.78, 5) is 0. The maximum Gasteiger partial charge on any atom is 0.0441 e. The first-order chi connectivity index (χ1) is 9.29. The van der Waals surface area contributed by atoms with Crippen molar-refractivity contribution in [3.8, 4) is 0 Å². The zero-order chi connectivity index (χ0) is 15.2. The molecule has 0 aliphatic carbocycles. The summed E-state index contributed by atoms with van der Waals surface area (Å²) in [6, 6.07) is 8.28. The van der Waals surface area contributed by atoms with E-state index in [1.54, 1.807) is 0 Å². The molecule has 0 spiro atoms. The van der Waals surface area contributed by atoms with E-state index < -0.39 is 0 Å². The molecular formula is C18H30ClN. The maximum absolute atomic E-state index is 6.38. The van der Waals surface area contributed by atoms with Gasteiger partial charge in [-0.2, -0.15) is 0 Å². The first-order valence-electron chi connectivity index (χ1n) is 7.75. The van der Waals surface area contributed by atoms with Gasteiger partial charge >= 0.3 is 0 Å². The Bertz CT molecular complexity index is 393. The maximum atomic E-state index is 6.38. The topological polar surface area (TPSA) is 12.0 Å². The second-order valence-electron chi connectivity index (χ2n) is 7.37. The van der Waals surface area contributed by atoms with Gasteiger partial charge in [0.25, 0.3) is 0 Å². The number of benzene rings is 1. The molecule has 0 bridgehead atoms. The van der Waals surface area contributed by atoms with E-state index in [-0.39, 0.29) is 0 Å². The Morgan fingerprint density at radius 2 is 1.75 bits per heavy atom. The van der Waals surface area contributed by atoms with E-state index >= 15 is 0 Å². The minimum Gasteiger partial charge on any atom is -0.316 e. The van der Waals surface area contributed by atoms with Crippen molar-refractivity contribution in [1.29, 1.82) is 0 Å². The van der Waals surface area contributed by atoms with Gasteiger partial charge in [-0.05, 0) is 48.3 Å². The van der Waals surface area contributed by atoms with Crippen LogP contribution in [0.3, 0.4) is 0 Å². The van der Waals surface area contributed by atoms with Crippen LogP contribution in [0.15, 0.2) is 24.3 Å². The van der Waals surface area contributed by atoms with E-state index in [0.717, 1.165) is 18.1 Å². The Balaban J connectivity index is 2.71. The van der Waals surface area contributed by atoms with Crippen LogP contribution >= 0.6 is 11.6 Å². The standard InChI is InChI=1S/C18H30ClN/c1-14(2)12-20-13-15(10-11-18(3,4)5)16-8-6-7-9-17(16)19/h6-9,14-15,20H,10-13H2,1-5H3. The molecule has 1 aromatic carbocycles. The van der Waals surface area contributed by atoms with Gasteiger partial charge in [0.15, 0.2) is 0 Å². The predicted octanol–water partition coefficient (Wildman–Crippen LogP) is 5.50. The molecule has 0 aliphatic heterocycles. The highest BCUT2D eigenvalue weighted by Crippen LogP contribution is 2.32. The Hall–Kier alpha value is -0.530. The number of nitrogens with one attached hydrogen (secondary N) is 1. The van der Waals surface area contributed by atoms with Crippen LogP contribution in [0.1, 0.15) is 58.9 Å². The molecule has 0 saturated heterocycles. The van der Waals surface area contributed by atoms with Gasteiger partial charge in [-0.15, -0.1) is 0 Å². The van der Waals surface area contributed by atoms with Crippen molar-refractivity contribution in [2.24, 2.45) is 11.3 Å². The van der Waals surface area contributed by atoms with Crippen molar-refractivity contribution >= 4 is 11.6 Å². The van der Waals surface area contributed by atoms with E-state index in [4.69, 9.17) is 11.6 Å². The van der Waals surface area contributed by atoms with Crippen LogP contribution < -0.4 is 5.32 Å². The van der Waals surface area contributed by atoms with Gasteiger partial charge in [0.2, 0.25) is 0 Å². The lowest BCUT2D eigenvalue weighted by atomic mass is 9.84. The lowest BCUT2D eigenvalue weighted by molar-refractivity contribution is 0.343. The lowest BCUT2D eigenvalue weighted by Gasteiger charge is -2.25. The predicted molar refractivity (Wildman–Crippen MR) is 90.6 cm³/mol. The van der Waals surface area contributed by atoms with E-state index in [1.807, 2.05) is 12.1 Å². The zero-order valence-electron chi connectivity index (χ0n) is 13.7. The average Bonchev–Trinajstić information content (AvgIpc) is 2.33. The molecule has 0 amide bonds. The van der Waals surface area contributed by atoms with Crippen molar-refractivity contribution in [1.82, 2.24) is 5.32 Å². The Morgan fingerprint density at radius 3 is 2.30 bits per heavy atom. The third kappa shape index (κ3) is 6.76. The number of hydrogen-bond donors (Lipinski definition) is 1. The van der Waals surface area contributed by atoms with E-state index in [1.165, 1.54) is 18.4 Å². The molecule has 1 nitrogen and oxygen atoms in total. The summed E-state index contributed by atoms with van der Waals surface area (Å²) in [6.45, 7) is 13.5. The number of hydrogen-bond acceptors (Lipinski definition) is 1. The fourth-order valence-electron chi connectivity index (χ4n) is 2.33. The smallest absolute Gasteiger partial charge is 0.0441 e. The molecule has 0 saturated carbocycles. The summed E-state index contributed by atoms with van der Waals surface area (Å²) < 4.78 is 0. The van der Waals surface area contributed by atoms with Gasteiger partial charge in [0.05, 0.1) is 0 Å². The van der Waals surface area contributed by atoms with Gasteiger partial charge in [-0.1, -0.05) is 64.4 Å². The first kappa shape index (κ1) is 17.5. The van der Waals surface area contributed by atoms with Crippen LogP contribution in [0.4, 0.5) is 0 Å². The number of rotatable bonds is 7. The highest BCUT2D eigenvalue weighted by molar-refractivity contribution is 6.31. The van der Waals surface area contributed by atoms with Crippen molar-refractivity contribution in [3.05, 3.63) is 34.9 Å². The van der Waals surface area contributed by atoms with Gasteiger partial charge < -0.3 is 5.32 Å². The minimum absolute atomic E-state index is 0.373. The van der Waals surface area contributed by atoms with Crippen molar-refractivity contribution in [2.45, 2.75) is 53.4 Å².